The first kappa shape index (κ1) is 26.3. The minimum absolute atomic E-state index is 0.0288. The average Bonchev–Trinajstić information content (AvgIpc) is 2.90. The minimum Gasteiger partial charge on any atom is -0.486 e. The van der Waals surface area contributed by atoms with Crippen LogP contribution in [-0.2, 0) is 29.0 Å². The Bertz CT molecular complexity index is 1210. The van der Waals surface area contributed by atoms with E-state index < -0.39 is 6.04 Å². The molecule has 0 unspecified atom stereocenters. The van der Waals surface area contributed by atoms with Crippen LogP contribution in [0.4, 0.5) is 0 Å². The van der Waals surface area contributed by atoms with Gasteiger partial charge in [0.25, 0.3) is 0 Å². The zero-order valence-corrected chi connectivity index (χ0v) is 21.9. The third kappa shape index (κ3) is 7.13. The number of hydrogen-bond acceptors (Lipinski definition) is 4. The van der Waals surface area contributed by atoms with Gasteiger partial charge in [0.05, 0.1) is 0 Å². The van der Waals surface area contributed by atoms with Crippen molar-refractivity contribution in [3.05, 3.63) is 95.1 Å². The van der Waals surface area contributed by atoms with E-state index in [2.05, 4.69) is 5.32 Å². The van der Waals surface area contributed by atoms with Crippen molar-refractivity contribution >= 4 is 11.8 Å². The summed E-state index contributed by atoms with van der Waals surface area (Å²) >= 11 is 0. The SMILES string of the molecule is Cc1ccccc1CN(C(=O)CCc1ccc2c(c1)OCCO2)[C@@H](Cc1ccccc1)C(=O)NC(C)C. The summed E-state index contributed by atoms with van der Waals surface area (Å²) in [5, 5.41) is 3.04. The van der Waals surface area contributed by atoms with Crippen molar-refractivity contribution in [2.75, 3.05) is 13.2 Å². The summed E-state index contributed by atoms with van der Waals surface area (Å²) in [6.07, 6.45) is 1.27. The van der Waals surface area contributed by atoms with Crippen LogP contribution in [0.2, 0.25) is 0 Å². The molecule has 1 heterocycles. The van der Waals surface area contributed by atoms with Gasteiger partial charge in [0.2, 0.25) is 11.8 Å². The number of nitrogens with one attached hydrogen (secondary N) is 1. The zero-order chi connectivity index (χ0) is 26.2. The van der Waals surface area contributed by atoms with Crippen molar-refractivity contribution < 1.29 is 19.1 Å². The first-order valence-corrected chi connectivity index (χ1v) is 13.0. The van der Waals surface area contributed by atoms with Gasteiger partial charge in [-0.3, -0.25) is 9.59 Å². The number of hydrogen-bond donors (Lipinski definition) is 1. The number of aryl methyl sites for hydroxylation is 2. The highest BCUT2D eigenvalue weighted by Gasteiger charge is 2.31. The summed E-state index contributed by atoms with van der Waals surface area (Å²) < 4.78 is 11.3. The molecule has 194 valence electrons. The largest absolute Gasteiger partial charge is 0.486 e. The molecule has 0 aliphatic carbocycles. The fourth-order valence-electron chi connectivity index (χ4n) is 4.54. The average molecular weight is 501 g/mol. The maximum Gasteiger partial charge on any atom is 0.243 e. The van der Waals surface area contributed by atoms with Crippen molar-refractivity contribution in [2.24, 2.45) is 0 Å². The van der Waals surface area contributed by atoms with Gasteiger partial charge in [0, 0.05) is 25.4 Å². The van der Waals surface area contributed by atoms with Crippen LogP contribution < -0.4 is 14.8 Å². The monoisotopic (exact) mass is 500 g/mol. The molecule has 6 heteroatoms. The second-order valence-electron chi connectivity index (χ2n) is 9.79. The molecule has 37 heavy (non-hydrogen) atoms. The van der Waals surface area contributed by atoms with E-state index in [1.54, 1.807) is 4.90 Å². The molecule has 0 fully saturated rings. The highest BCUT2D eigenvalue weighted by Crippen LogP contribution is 2.31. The van der Waals surface area contributed by atoms with Crippen LogP contribution >= 0.6 is 0 Å². The Morgan fingerprint density at radius 1 is 0.892 bits per heavy atom. The van der Waals surface area contributed by atoms with Gasteiger partial charge in [0.1, 0.15) is 19.3 Å². The Kier molecular flexibility index (Phi) is 8.83. The van der Waals surface area contributed by atoms with E-state index in [1.807, 2.05) is 93.6 Å². The summed E-state index contributed by atoms with van der Waals surface area (Å²) in [5.41, 5.74) is 4.14. The molecule has 0 spiro atoms. The van der Waals surface area contributed by atoms with Crippen LogP contribution in [0.15, 0.2) is 72.8 Å². The topological polar surface area (TPSA) is 67.9 Å². The Hall–Kier alpha value is -3.80. The number of carbonyl (C=O) groups is 2. The molecule has 1 N–H and O–H groups in total. The molecule has 1 aliphatic heterocycles. The minimum atomic E-state index is -0.628. The Balaban J connectivity index is 1.60. The molecule has 0 saturated heterocycles. The molecule has 0 radical (unpaired) electrons. The quantitative estimate of drug-likeness (QED) is 0.432. The standard InChI is InChI=1S/C31H36N2O4/c1-22(2)32-31(35)27(19-24-10-5-4-6-11-24)33(21-26-12-8-7-9-23(26)3)30(34)16-14-25-13-15-28-29(20-25)37-18-17-36-28/h4-13,15,20,22,27H,14,16-19,21H2,1-3H3,(H,32,35)/t27-/m0/s1. The van der Waals surface area contributed by atoms with Gasteiger partial charge in [-0.2, -0.15) is 0 Å². The van der Waals surface area contributed by atoms with Crippen molar-refractivity contribution in [1.29, 1.82) is 0 Å². The molecule has 6 nitrogen and oxygen atoms in total. The highest BCUT2D eigenvalue weighted by molar-refractivity contribution is 5.88. The Morgan fingerprint density at radius 2 is 1.59 bits per heavy atom. The maximum atomic E-state index is 13.8. The predicted molar refractivity (Wildman–Crippen MR) is 145 cm³/mol. The van der Waals surface area contributed by atoms with Gasteiger partial charge in [-0.25, -0.2) is 0 Å². The van der Waals surface area contributed by atoms with E-state index in [0.29, 0.717) is 38.3 Å². The lowest BCUT2D eigenvalue weighted by Gasteiger charge is -2.32. The molecule has 1 atom stereocenters. The van der Waals surface area contributed by atoms with Gasteiger partial charge in [-0.15, -0.1) is 0 Å². The van der Waals surface area contributed by atoms with Gasteiger partial charge < -0.3 is 19.7 Å². The van der Waals surface area contributed by atoms with Crippen molar-refractivity contribution in [3.63, 3.8) is 0 Å². The second kappa shape index (κ2) is 12.4. The third-order valence-electron chi connectivity index (χ3n) is 6.54. The van der Waals surface area contributed by atoms with Crippen LogP contribution in [-0.4, -0.2) is 42.0 Å². The summed E-state index contributed by atoms with van der Waals surface area (Å²) in [5.74, 6) is 1.25. The molecule has 0 aromatic heterocycles. The lowest BCUT2D eigenvalue weighted by atomic mass is 10.00. The third-order valence-corrected chi connectivity index (χ3v) is 6.54. The number of carbonyl (C=O) groups excluding carboxylic acids is 2. The molecular weight excluding hydrogens is 464 g/mol. The molecule has 4 rings (SSSR count). The first-order chi connectivity index (χ1) is 17.9. The van der Waals surface area contributed by atoms with E-state index in [9.17, 15) is 9.59 Å². The van der Waals surface area contributed by atoms with E-state index >= 15 is 0 Å². The molecule has 3 aromatic rings. The van der Waals surface area contributed by atoms with Crippen LogP contribution in [0, 0.1) is 6.92 Å². The van der Waals surface area contributed by atoms with Crippen molar-refractivity contribution in [1.82, 2.24) is 10.2 Å². The maximum absolute atomic E-state index is 13.8. The molecule has 0 saturated carbocycles. The number of amides is 2. The number of ether oxygens (including phenoxy) is 2. The summed E-state index contributed by atoms with van der Waals surface area (Å²) in [6, 6.07) is 23.1. The van der Waals surface area contributed by atoms with Crippen LogP contribution in [0.1, 0.15) is 42.5 Å². The molecule has 1 aliphatic rings. The Labute approximate surface area is 219 Å². The van der Waals surface area contributed by atoms with Gasteiger partial charge >= 0.3 is 0 Å². The van der Waals surface area contributed by atoms with Crippen LogP contribution in [0.25, 0.3) is 0 Å². The normalized spacial score (nSPS) is 13.2. The van der Waals surface area contributed by atoms with Crippen molar-refractivity contribution in [2.45, 2.75) is 58.7 Å². The number of nitrogens with zero attached hydrogens (tertiary/aromatic N) is 1. The molecule has 3 aromatic carbocycles. The summed E-state index contributed by atoms with van der Waals surface area (Å²) in [6.45, 7) is 7.34. The Morgan fingerprint density at radius 3 is 2.32 bits per heavy atom. The smallest absolute Gasteiger partial charge is 0.243 e. The van der Waals surface area contributed by atoms with E-state index in [4.69, 9.17) is 9.47 Å². The van der Waals surface area contributed by atoms with Gasteiger partial charge in [-0.05, 0) is 61.6 Å². The predicted octanol–water partition coefficient (Wildman–Crippen LogP) is 4.86. The van der Waals surface area contributed by atoms with Gasteiger partial charge in [0.15, 0.2) is 11.5 Å². The molecular formula is C31H36N2O4. The number of fused-ring (bicyclic) bond motifs is 1. The lowest BCUT2D eigenvalue weighted by Crippen LogP contribution is -2.51. The second-order valence-corrected chi connectivity index (χ2v) is 9.79. The van der Waals surface area contributed by atoms with E-state index in [-0.39, 0.29) is 24.3 Å². The fraction of sp³-hybridized carbons (Fsp3) is 0.355. The van der Waals surface area contributed by atoms with Crippen molar-refractivity contribution in [3.8, 4) is 11.5 Å². The highest BCUT2D eigenvalue weighted by atomic mass is 16.6. The van der Waals surface area contributed by atoms with Gasteiger partial charge in [-0.1, -0.05) is 60.7 Å². The number of rotatable bonds is 10. The molecule has 0 bridgehead atoms. The fourth-order valence-corrected chi connectivity index (χ4v) is 4.54. The van der Waals surface area contributed by atoms with E-state index in [0.717, 1.165) is 28.0 Å². The zero-order valence-electron chi connectivity index (χ0n) is 21.9. The summed E-state index contributed by atoms with van der Waals surface area (Å²) in [7, 11) is 0. The lowest BCUT2D eigenvalue weighted by molar-refractivity contribution is -0.141. The summed E-state index contributed by atoms with van der Waals surface area (Å²) in [4.78, 5) is 29.1. The first-order valence-electron chi connectivity index (χ1n) is 13.0. The van der Waals surface area contributed by atoms with Crippen LogP contribution in [0.3, 0.4) is 0 Å². The van der Waals surface area contributed by atoms with Crippen LogP contribution in [0.5, 0.6) is 11.5 Å². The number of benzene rings is 3. The van der Waals surface area contributed by atoms with E-state index in [1.165, 1.54) is 0 Å². The molecule has 2 amide bonds.